The Bertz CT molecular complexity index is 551. The number of amides is 1. The lowest BCUT2D eigenvalue weighted by Crippen LogP contribution is -2.46. The molecule has 1 aliphatic heterocycles. The number of likely N-dealkylation sites (tertiary alicyclic amines) is 1. The summed E-state index contributed by atoms with van der Waals surface area (Å²) in [5.41, 5.74) is 0.308. The van der Waals surface area contributed by atoms with Gasteiger partial charge >= 0.3 is 0 Å². The van der Waals surface area contributed by atoms with Gasteiger partial charge in [-0.15, -0.1) is 0 Å². The lowest BCUT2D eigenvalue weighted by molar-refractivity contribution is -0.125. The van der Waals surface area contributed by atoms with Crippen LogP contribution in [0.3, 0.4) is 0 Å². The fourth-order valence-electron chi connectivity index (χ4n) is 3.06. The Hall–Kier alpha value is -1.53. The number of nitrogens with one attached hydrogen (secondary N) is 2. The summed E-state index contributed by atoms with van der Waals surface area (Å²) >= 11 is 0. The summed E-state index contributed by atoms with van der Waals surface area (Å²) < 4.78 is 26.9. The van der Waals surface area contributed by atoms with Gasteiger partial charge in [-0.1, -0.05) is 0 Å². The van der Waals surface area contributed by atoms with Crippen molar-refractivity contribution in [3.8, 4) is 0 Å². The first-order valence-corrected chi connectivity index (χ1v) is 8.13. The number of nitrogens with zero attached hydrogens (tertiary/aromatic N) is 1. The molecule has 0 radical (unpaired) electrons. The zero-order valence-electron chi connectivity index (χ0n) is 13.9. The Morgan fingerprint density at radius 1 is 1.39 bits per heavy atom. The minimum atomic E-state index is -0.446. The van der Waals surface area contributed by atoms with Crippen molar-refractivity contribution in [3.05, 3.63) is 35.4 Å². The van der Waals surface area contributed by atoms with E-state index in [0.717, 1.165) is 18.7 Å². The number of rotatable bonds is 6. The highest BCUT2D eigenvalue weighted by molar-refractivity contribution is 5.82. The molecule has 128 valence electrons. The molecule has 1 saturated heterocycles. The van der Waals surface area contributed by atoms with Crippen LogP contribution in [0.15, 0.2) is 18.2 Å². The summed E-state index contributed by atoms with van der Waals surface area (Å²) in [5.74, 6) is -0.834. The van der Waals surface area contributed by atoms with Crippen LogP contribution in [0.2, 0.25) is 0 Å². The summed E-state index contributed by atoms with van der Waals surface area (Å²) in [5, 5.41) is 6.11. The molecule has 0 unspecified atom stereocenters. The summed E-state index contributed by atoms with van der Waals surface area (Å²) in [6.45, 7) is 7.59. The van der Waals surface area contributed by atoms with E-state index in [2.05, 4.69) is 29.4 Å². The van der Waals surface area contributed by atoms with E-state index in [1.165, 1.54) is 6.07 Å². The second-order valence-corrected chi connectivity index (χ2v) is 6.25. The Morgan fingerprint density at radius 2 is 2.13 bits per heavy atom. The van der Waals surface area contributed by atoms with Crippen LogP contribution in [0.4, 0.5) is 8.78 Å². The molecular formula is C17H25F2N3O. The molecule has 2 rings (SSSR count). The van der Waals surface area contributed by atoms with Crippen LogP contribution in [0.25, 0.3) is 0 Å². The Labute approximate surface area is 136 Å². The van der Waals surface area contributed by atoms with E-state index in [1.807, 2.05) is 6.92 Å². The highest BCUT2D eigenvalue weighted by atomic mass is 19.1. The first-order chi connectivity index (χ1) is 10.9. The molecule has 0 spiro atoms. The quantitative estimate of drug-likeness (QED) is 0.841. The summed E-state index contributed by atoms with van der Waals surface area (Å²) in [6.07, 6.45) is 0.668. The maximum absolute atomic E-state index is 13.7. The largest absolute Gasteiger partial charge is 0.355 e. The first kappa shape index (κ1) is 17.8. The van der Waals surface area contributed by atoms with E-state index in [0.29, 0.717) is 18.5 Å². The minimum Gasteiger partial charge on any atom is -0.355 e. The standard InChI is InChI=1S/C17H25F2N3O/c1-4-20-17(23)16-8-14(10-22(16)11(2)3)21-9-12-7-13(18)5-6-15(12)19/h5-7,11,14,16,21H,4,8-10H2,1-3H3,(H,20,23)/t14-,16-/m0/s1. The van der Waals surface area contributed by atoms with Crippen molar-refractivity contribution in [2.45, 2.75) is 51.9 Å². The molecule has 1 aromatic rings. The van der Waals surface area contributed by atoms with Gasteiger partial charge in [0, 0.05) is 37.3 Å². The predicted octanol–water partition coefficient (Wildman–Crippen LogP) is 2.04. The Morgan fingerprint density at radius 3 is 2.78 bits per heavy atom. The minimum absolute atomic E-state index is 0.0300. The van der Waals surface area contributed by atoms with Gasteiger partial charge < -0.3 is 10.6 Å². The molecule has 1 aliphatic rings. The van der Waals surface area contributed by atoms with Gasteiger partial charge in [-0.3, -0.25) is 9.69 Å². The summed E-state index contributed by atoms with van der Waals surface area (Å²) in [4.78, 5) is 14.3. The number of benzene rings is 1. The van der Waals surface area contributed by atoms with Crippen LogP contribution in [-0.2, 0) is 11.3 Å². The summed E-state index contributed by atoms with van der Waals surface area (Å²) in [7, 11) is 0. The molecule has 4 nitrogen and oxygen atoms in total. The van der Waals surface area contributed by atoms with Crippen LogP contribution in [0.1, 0.15) is 32.8 Å². The van der Waals surface area contributed by atoms with Crippen molar-refractivity contribution in [2.75, 3.05) is 13.1 Å². The average Bonchev–Trinajstić information content (AvgIpc) is 2.93. The van der Waals surface area contributed by atoms with Crippen molar-refractivity contribution in [1.82, 2.24) is 15.5 Å². The molecule has 0 bridgehead atoms. The number of carbonyl (C=O) groups excluding carboxylic acids is 1. The maximum atomic E-state index is 13.7. The van der Waals surface area contributed by atoms with Gasteiger partial charge in [0.15, 0.2) is 0 Å². The first-order valence-electron chi connectivity index (χ1n) is 8.13. The van der Waals surface area contributed by atoms with E-state index in [-0.39, 0.29) is 30.6 Å². The topological polar surface area (TPSA) is 44.4 Å². The third-order valence-electron chi connectivity index (χ3n) is 4.25. The van der Waals surface area contributed by atoms with Crippen LogP contribution >= 0.6 is 0 Å². The van der Waals surface area contributed by atoms with Gasteiger partial charge in [0.05, 0.1) is 6.04 Å². The van der Waals surface area contributed by atoms with Gasteiger partial charge in [-0.2, -0.15) is 0 Å². The normalized spacial score (nSPS) is 21.8. The van der Waals surface area contributed by atoms with Gasteiger partial charge in [-0.25, -0.2) is 8.78 Å². The molecule has 0 saturated carbocycles. The van der Waals surface area contributed by atoms with E-state index >= 15 is 0 Å². The zero-order valence-corrected chi connectivity index (χ0v) is 13.9. The monoisotopic (exact) mass is 325 g/mol. The average molecular weight is 325 g/mol. The molecule has 2 N–H and O–H groups in total. The number of likely N-dealkylation sites (N-methyl/N-ethyl adjacent to an activating group) is 1. The predicted molar refractivity (Wildman–Crippen MR) is 85.9 cm³/mol. The fraction of sp³-hybridized carbons (Fsp3) is 0.588. The van der Waals surface area contributed by atoms with Crippen molar-refractivity contribution in [1.29, 1.82) is 0 Å². The van der Waals surface area contributed by atoms with Gasteiger partial charge in [0.25, 0.3) is 0 Å². The van der Waals surface area contributed by atoms with E-state index in [9.17, 15) is 13.6 Å². The van der Waals surface area contributed by atoms with Gasteiger partial charge in [0.1, 0.15) is 11.6 Å². The van der Waals surface area contributed by atoms with E-state index in [4.69, 9.17) is 0 Å². The third kappa shape index (κ3) is 4.48. The van der Waals surface area contributed by atoms with Crippen LogP contribution < -0.4 is 10.6 Å². The molecule has 1 heterocycles. The number of hydrogen-bond acceptors (Lipinski definition) is 3. The van der Waals surface area contributed by atoms with E-state index < -0.39 is 11.6 Å². The van der Waals surface area contributed by atoms with Crippen LogP contribution in [-0.4, -0.2) is 42.0 Å². The van der Waals surface area contributed by atoms with Gasteiger partial charge in [-0.05, 0) is 45.4 Å². The highest BCUT2D eigenvalue weighted by Gasteiger charge is 2.37. The van der Waals surface area contributed by atoms with Crippen molar-refractivity contribution in [2.24, 2.45) is 0 Å². The van der Waals surface area contributed by atoms with Crippen molar-refractivity contribution in [3.63, 3.8) is 0 Å². The molecule has 6 heteroatoms. The third-order valence-corrected chi connectivity index (χ3v) is 4.25. The number of carbonyl (C=O) groups is 1. The molecule has 1 amide bonds. The maximum Gasteiger partial charge on any atom is 0.237 e. The van der Waals surface area contributed by atoms with Crippen LogP contribution in [0.5, 0.6) is 0 Å². The molecule has 0 aliphatic carbocycles. The Balaban J connectivity index is 1.98. The molecule has 2 atom stereocenters. The molecule has 1 aromatic carbocycles. The molecule has 1 fully saturated rings. The van der Waals surface area contributed by atoms with Crippen molar-refractivity contribution < 1.29 is 13.6 Å². The SMILES string of the molecule is CCNC(=O)[C@@H]1C[C@H](NCc2cc(F)ccc2F)CN1C(C)C. The second kappa shape index (κ2) is 7.84. The van der Waals surface area contributed by atoms with E-state index in [1.54, 1.807) is 0 Å². The molecule has 23 heavy (non-hydrogen) atoms. The highest BCUT2D eigenvalue weighted by Crippen LogP contribution is 2.21. The van der Waals surface area contributed by atoms with Gasteiger partial charge in [0.2, 0.25) is 5.91 Å². The lowest BCUT2D eigenvalue weighted by atomic mass is 10.1. The smallest absolute Gasteiger partial charge is 0.237 e. The lowest BCUT2D eigenvalue weighted by Gasteiger charge is -2.27. The van der Waals surface area contributed by atoms with Crippen molar-refractivity contribution >= 4 is 5.91 Å². The second-order valence-electron chi connectivity index (χ2n) is 6.25. The molecular weight excluding hydrogens is 300 g/mol. The Kier molecular flexibility index (Phi) is 6.07. The zero-order chi connectivity index (χ0) is 17.0. The summed E-state index contributed by atoms with van der Waals surface area (Å²) in [6, 6.07) is 3.61. The molecule has 0 aromatic heterocycles. The fourth-order valence-corrected chi connectivity index (χ4v) is 3.06. The number of hydrogen-bond donors (Lipinski definition) is 2. The van der Waals surface area contributed by atoms with Crippen LogP contribution in [0, 0.1) is 11.6 Å². The number of halogens is 2.